The Morgan fingerprint density at radius 2 is 2.08 bits per heavy atom. The Kier molecular flexibility index (Phi) is 2.10. The number of benzene rings is 1. The van der Waals surface area contributed by atoms with E-state index in [4.69, 9.17) is 4.74 Å². The van der Waals surface area contributed by atoms with E-state index in [0.717, 1.165) is 12.2 Å². The maximum atomic E-state index is 10.1. The van der Waals surface area contributed by atoms with E-state index in [1.54, 1.807) is 0 Å². The average Bonchev–Trinajstić information content (AvgIpc) is 2.89. The van der Waals surface area contributed by atoms with Gasteiger partial charge in [-0.1, -0.05) is 30.3 Å². The average molecular weight is 178 g/mol. The van der Waals surface area contributed by atoms with Crippen LogP contribution < -0.4 is 0 Å². The summed E-state index contributed by atoms with van der Waals surface area (Å²) in [4.78, 5) is 0. The lowest BCUT2D eigenvalue weighted by Gasteiger charge is -2.22. The van der Waals surface area contributed by atoms with Crippen molar-refractivity contribution in [2.75, 3.05) is 6.61 Å². The molecule has 2 nitrogen and oxygen atoms in total. The molecule has 1 aromatic rings. The Hall–Kier alpha value is -0.860. The molecule has 70 valence electrons. The Balaban J connectivity index is 2.12. The SMILES string of the molecule is C[C@](O)(C[C@@H]1CO1)c1ccccc1. The lowest BCUT2D eigenvalue weighted by Crippen LogP contribution is -2.23. The topological polar surface area (TPSA) is 32.8 Å². The van der Waals surface area contributed by atoms with Gasteiger partial charge in [-0.3, -0.25) is 0 Å². The summed E-state index contributed by atoms with van der Waals surface area (Å²) in [6.07, 6.45) is 0.951. The van der Waals surface area contributed by atoms with Crippen molar-refractivity contribution in [2.45, 2.75) is 25.0 Å². The second kappa shape index (κ2) is 3.13. The van der Waals surface area contributed by atoms with E-state index in [0.29, 0.717) is 6.42 Å². The van der Waals surface area contributed by atoms with Gasteiger partial charge in [0, 0.05) is 6.42 Å². The number of ether oxygens (including phenoxy) is 1. The third-order valence-electron chi connectivity index (χ3n) is 2.42. The van der Waals surface area contributed by atoms with Crippen LogP contribution in [-0.4, -0.2) is 17.8 Å². The quantitative estimate of drug-likeness (QED) is 0.714. The van der Waals surface area contributed by atoms with E-state index in [-0.39, 0.29) is 6.10 Å². The first-order valence-electron chi connectivity index (χ1n) is 4.58. The summed E-state index contributed by atoms with van der Waals surface area (Å²) in [6.45, 7) is 2.63. The maximum absolute atomic E-state index is 10.1. The summed E-state index contributed by atoms with van der Waals surface area (Å²) in [5.41, 5.74) is 0.216. The van der Waals surface area contributed by atoms with Crippen molar-refractivity contribution in [3.8, 4) is 0 Å². The summed E-state index contributed by atoms with van der Waals surface area (Å²) < 4.78 is 5.11. The van der Waals surface area contributed by atoms with Crippen LogP contribution in [0.2, 0.25) is 0 Å². The number of epoxide rings is 1. The Labute approximate surface area is 78.2 Å². The fourth-order valence-electron chi connectivity index (χ4n) is 1.54. The van der Waals surface area contributed by atoms with Gasteiger partial charge in [0.25, 0.3) is 0 Å². The first-order chi connectivity index (χ1) is 6.18. The van der Waals surface area contributed by atoms with E-state index in [1.165, 1.54) is 0 Å². The van der Waals surface area contributed by atoms with Gasteiger partial charge in [-0.15, -0.1) is 0 Å². The van der Waals surface area contributed by atoms with Crippen molar-refractivity contribution in [3.05, 3.63) is 35.9 Å². The molecule has 0 amide bonds. The third-order valence-corrected chi connectivity index (χ3v) is 2.42. The van der Waals surface area contributed by atoms with E-state index in [9.17, 15) is 5.11 Å². The van der Waals surface area contributed by atoms with E-state index in [2.05, 4.69) is 0 Å². The minimum atomic E-state index is -0.748. The molecule has 0 aliphatic carbocycles. The molecule has 0 spiro atoms. The fourth-order valence-corrected chi connectivity index (χ4v) is 1.54. The number of rotatable bonds is 3. The standard InChI is InChI=1S/C11H14O2/c1-11(12,7-10-8-13-10)9-5-3-2-4-6-9/h2-6,10,12H,7-8H2,1H3/t10-,11+/m1/s1. The normalized spacial score (nSPS) is 25.2. The molecule has 0 saturated carbocycles. The molecule has 0 bridgehead atoms. The van der Waals surface area contributed by atoms with Gasteiger partial charge in [-0.05, 0) is 12.5 Å². The van der Waals surface area contributed by atoms with Gasteiger partial charge >= 0.3 is 0 Å². The fraction of sp³-hybridized carbons (Fsp3) is 0.455. The summed E-state index contributed by atoms with van der Waals surface area (Å²) in [5.74, 6) is 0. The summed E-state index contributed by atoms with van der Waals surface area (Å²) in [6, 6.07) is 9.73. The highest BCUT2D eigenvalue weighted by Gasteiger charge is 2.33. The molecular weight excluding hydrogens is 164 g/mol. The largest absolute Gasteiger partial charge is 0.385 e. The van der Waals surface area contributed by atoms with Crippen LogP contribution in [0.5, 0.6) is 0 Å². The van der Waals surface area contributed by atoms with Crippen molar-refractivity contribution < 1.29 is 9.84 Å². The molecule has 2 rings (SSSR count). The summed E-state index contributed by atoms with van der Waals surface area (Å²) in [7, 11) is 0. The highest BCUT2D eigenvalue weighted by molar-refractivity contribution is 5.21. The smallest absolute Gasteiger partial charge is 0.0894 e. The van der Waals surface area contributed by atoms with Crippen molar-refractivity contribution >= 4 is 0 Å². The van der Waals surface area contributed by atoms with Crippen LogP contribution in [-0.2, 0) is 10.3 Å². The molecule has 1 aliphatic rings. The molecule has 1 saturated heterocycles. The molecular formula is C11H14O2. The van der Waals surface area contributed by atoms with E-state index in [1.807, 2.05) is 37.3 Å². The summed E-state index contributed by atoms with van der Waals surface area (Å²) in [5, 5.41) is 10.1. The molecule has 2 heteroatoms. The zero-order valence-electron chi connectivity index (χ0n) is 7.73. The monoisotopic (exact) mass is 178 g/mol. The highest BCUT2D eigenvalue weighted by atomic mass is 16.6. The number of hydrogen-bond acceptors (Lipinski definition) is 2. The zero-order valence-corrected chi connectivity index (χ0v) is 7.73. The van der Waals surface area contributed by atoms with Gasteiger partial charge in [0.05, 0.1) is 18.3 Å². The third kappa shape index (κ3) is 2.08. The first-order valence-corrected chi connectivity index (χ1v) is 4.58. The second-order valence-corrected chi connectivity index (χ2v) is 3.80. The molecule has 0 radical (unpaired) electrons. The van der Waals surface area contributed by atoms with Crippen molar-refractivity contribution in [1.82, 2.24) is 0 Å². The Morgan fingerprint density at radius 3 is 2.62 bits per heavy atom. The lowest BCUT2D eigenvalue weighted by atomic mass is 9.91. The van der Waals surface area contributed by atoms with Crippen LogP contribution in [0.4, 0.5) is 0 Å². The van der Waals surface area contributed by atoms with Gasteiger partial charge in [-0.25, -0.2) is 0 Å². The van der Waals surface area contributed by atoms with Crippen LogP contribution in [0, 0.1) is 0 Å². The van der Waals surface area contributed by atoms with E-state index < -0.39 is 5.60 Å². The minimum Gasteiger partial charge on any atom is -0.385 e. The molecule has 1 aliphatic heterocycles. The van der Waals surface area contributed by atoms with E-state index >= 15 is 0 Å². The first kappa shape index (κ1) is 8.73. The van der Waals surface area contributed by atoms with Crippen LogP contribution in [0.25, 0.3) is 0 Å². The van der Waals surface area contributed by atoms with Gasteiger partial charge in [0.1, 0.15) is 0 Å². The lowest BCUT2D eigenvalue weighted by molar-refractivity contribution is 0.0396. The molecule has 0 aromatic heterocycles. The molecule has 1 fully saturated rings. The van der Waals surface area contributed by atoms with Gasteiger partial charge < -0.3 is 9.84 Å². The predicted molar refractivity (Wildman–Crippen MR) is 50.4 cm³/mol. The van der Waals surface area contributed by atoms with Crippen LogP contribution in [0.15, 0.2) is 30.3 Å². The molecule has 13 heavy (non-hydrogen) atoms. The van der Waals surface area contributed by atoms with Crippen molar-refractivity contribution in [3.63, 3.8) is 0 Å². The molecule has 0 unspecified atom stereocenters. The van der Waals surface area contributed by atoms with Crippen LogP contribution in [0.3, 0.4) is 0 Å². The van der Waals surface area contributed by atoms with Crippen molar-refractivity contribution in [2.24, 2.45) is 0 Å². The summed E-state index contributed by atoms with van der Waals surface area (Å²) >= 11 is 0. The Bertz CT molecular complexity index is 275. The van der Waals surface area contributed by atoms with Gasteiger partial charge in [0.15, 0.2) is 0 Å². The number of hydrogen-bond donors (Lipinski definition) is 1. The molecule has 1 N–H and O–H groups in total. The van der Waals surface area contributed by atoms with Crippen molar-refractivity contribution in [1.29, 1.82) is 0 Å². The molecule has 1 heterocycles. The zero-order chi connectivity index (χ0) is 9.31. The maximum Gasteiger partial charge on any atom is 0.0894 e. The van der Waals surface area contributed by atoms with Crippen LogP contribution >= 0.6 is 0 Å². The molecule has 1 aromatic carbocycles. The minimum absolute atomic E-state index is 0.259. The Morgan fingerprint density at radius 1 is 1.46 bits per heavy atom. The number of aliphatic hydroxyl groups is 1. The predicted octanol–water partition coefficient (Wildman–Crippen LogP) is 1.68. The molecule has 2 atom stereocenters. The van der Waals surface area contributed by atoms with Gasteiger partial charge in [0.2, 0.25) is 0 Å². The van der Waals surface area contributed by atoms with Gasteiger partial charge in [-0.2, -0.15) is 0 Å². The second-order valence-electron chi connectivity index (χ2n) is 3.80. The van der Waals surface area contributed by atoms with Crippen LogP contribution in [0.1, 0.15) is 18.9 Å². The highest BCUT2D eigenvalue weighted by Crippen LogP contribution is 2.30.